The van der Waals surface area contributed by atoms with Gasteiger partial charge in [0.2, 0.25) is 0 Å². The van der Waals surface area contributed by atoms with E-state index in [2.05, 4.69) is 36.4 Å². The predicted molar refractivity (Wildman–Crippen MR) is 146 cm³/mol. The Morgan fingerprint density at radius 3 is 2.22 bits per heavy atom. The van der Waals surface area contributed by atoms with Crippen LogP contribution in [0.25, 0.3) is 5.57 Å². The predicted octanol–water partition coefficient (Wildman–Crippen LogP) is 8.01. The number of halogens is 3. The monoisotopic (exact) mass is 542 g/mol. The fourth-order valence-electron chi connectivity index (χ4n) is 3.77. The minimum atomic E-state index is -4.46. The van der Waals surface area contributed by atoms with Crippen LogP contribution in [-0.4, -0.2) is 32.9 Å². The van der Waals surface area contributed by atoms with Crippen LogP contribution in [0.5, 0.6) is 0 Å². The Kier molecular flexibility index (Phi) is 13.6. The van der Waals surface area contributed by atoms with E-state index in [-0.39, 0.29) is 28.5 Å². The molecule has 3 rings (SSSR count). The van der Waals surface area contributed by atoms with E-state index >= 15 is 0 Å². The summed E-state index contributed by atoms with van der Waals surface area (Å²) in [5.74, 6) is 0.578. The Morgan fingerprint density at radius 2 is 1.72 bits per heavy atom. The first kappa shape index (κ1) is 32.0. The Balaban J connectivity index is 0.00000120. The van der Waals surface area contributed by atoms with Crippen molar-refractivity contribution in [3.8, 4) is 0 Å². The highest BCUT2D eigenvalue weighted by molar-refractivity contribution is 7.99. The number of Topliss-reactive ketones (excluding diaryl/α,β-unsaturated/α-hetero) is 1. The fourth-order valence-corrected chi connectivity index (χ4v) is 4.71. The minimum Gasteiger partial charge on any atom is -0.512 e. The van der Waals surface area contributed by atoms with E-state index in [1.807, 2.05) is 39.0 Å². The smallest absolute Gasteiger partial charge is 0.419 e. The molecule has 0 amide bonds. The van der Waals surface area contributed by atoms with Gasteiger partial charge in [0.05, 0.1) is 11.1 Å². The summed E-state index contributed by atoms with van der Waals surface area (Å²) in [6.07, 6.45) is 1.52. The zero-order valence-electron chi connectivity index (χ0n) is 21.8. The number of carbonyl (C=O) groups is 1. The molecule has 1 heterocycles. The third-order valence-corrected chi connectivity index (χ3v) is 6.78. The van der Waals surface area contributed by atoms with Gasteiger partial charge in [0, 0.05) is 31.0 Å². The number of rotatable bonds is 6. The number of aliphatic hydroxyl groups is 1. The highest BCUT2D eigenvalue weighted by Gasteiger charge is 2.33. The molecule has 2 aromatic rings. The summed E-state index contributed by atoms with van der Waals surface area (Å²) in [6.45, 7) is 10.2. The van der Waals surface area contributed by atoms with Gasteiger partial charge in [-0.15, -0.1) is 0 Å². The maximum Gasteiger partial charge on any atom is 0.419 e. The van der Waals surface area contributed by atoms with Gasteiger partial charge >= 0.3 is 6.18 Å². The average Bonchev–Trinajstić information content (AvgIpc) is 2.84. The summed E-state index contributed by atoms with van der Waals surface area (Å²) in [4.78, 5) is 20.5. The van der Waals surface area contributed by atoms with E-state index in [9.17, 15) is 23.1 Å². The van der Waals surface area contributed by atoms with Crippen molar-refractivity contribution in [2.45, 2.75) is 71.6 Å². The molecule has 0 saturated heterocycles. The van der Waals surface area contributed by atoms with Crippen molar-refractivity contribution in [2.75, 3.05) is 12.0 Å². The Bertz CT molecular complexity index is 1010. The maximum atomic E-state index is 12.9. The molecule has 0 fully saturated rings. The molecule has 0 aliphatic heterocycles. The van der Waals surface area contributed by atoms with Gasteiger partial charge in [0.15, 0.2) is 10.9 Å². The van der Waals surface area contributed by atoms with Gasteiger partial charge in [-0.1, -0.05) is 69.6 Å². The first-order valence-corrected chi connectivity index (χ1v) is 13.9. The largest absolute Gasteiger partial charge is 0.512 e. The second-order valence-electron chi connectivity index (χ2n) is 8.67. The van der Waals surface area contributed by atoms with Crippen LogP contribution < -0.4 is 0 Å². The van der Waals surface area contributed by atoms with Crippen molar-refractivity contribution in [3.05, 3.63) is 58.6 Å². The maximum absolute atomic E-state index is 12.9. The number of nitrogens with zero attached hydrogens (tertiary/aromatic N) is 2. The summed E-state index contributed by atoms with van der Waals surface area (Å²) in [5.41, 5.74) is 2.48. The number of thioether (sulfide) groups is 1. The summed E-state index contributed by atoms with van der Waals surface area (Å²) in [6, 6.07) is 5.88. The van der Waals surface area contributed by atoms with Gasteiger partial charge in [-0.05, 0) is 42.6 Å². The van der Waals surface area contributed by atoms with Crippen LogP contribution in [0.3, 0.4) is 0 Å². The summed E-state index contributed by atoms with van der Waals surface area (Å²) in [7, 11) is 0. The van der Waals surface area contributed by atoms with Gasteiger partial charge in [-0.3, -0.25) is 4.79 Å². The molecule has 1 aliphatic rings. The number of benzene rings is 1. The van der Waals surface area contributed by atoms with E-state index in [0.717, 1.165) is 35.5 Å². The van der Waals surface area contributed by atoms with Crippen molar-refractivity contribution in [3.63, 3.8) is 0 Å². The molecule has 200 valence electrons. The number of hydrogen-bond acceptors (Lipinski definition) is 6. The number of thiol groups is 1. The summed E-state index contributed by atoms with van der Waals surface area (Å²) < 4.78 is 37.9. The normalized spacial score (nSPS) is 16.5. The van der Waals surface area contributed by atoms with Crippen LogP contribution in [0.2, 0.25) is 0 Å². The molecule has 0 saturated carbocycles. The minimum absolute atomic E-state index is 0.0475. The third kappa shape index (κ3) is 9.14. The number of ketones is 1. The van der Waals surface area contributed by atoms with Crippen molar-refractivity contribution in [1.82, 2.24) is 9.97 Å². The first-order valence-electron chi connectivity index (χ1n) is 12.0. The van der Waals surface area contributed by atoms with Crippen LogP contribution in [0.1, 0.15) is 69.2 Å². The van der Waals surface area contributed by atoms with Crippen LogP contribution >= 0.6 is 24.4 Å². The van der Waals surface area contributed by atoms with Gasteiger partial charge in [0.25, 0.3) is 0 Å². The lowest BCUT2D eigenvalue weighted by molar-refractivity contribution is -0.138. The van der Waals surface area contributed by atoms with E-state index in [0.29, 0.717) is 24.2 Å². The van der Waals surface area contributed by atoms with Crippen LogP contribution in [-0.2, 0) is 17.4 Å². The first-order chi connectivity index (χ1) is 17.0. The second-order valence-corrected chi connectivity index (χ2v) is 9.66. The van der Waals surface area contributed by atoms with E-state index in [1.54, 1.807) is 6.26 Å². The Labute approximate surface area is 222 Å². The van der Waals surface area contributed by atoms with Crippen LogP contribution in [0, 0.1) is 18.8 Å². The topological polar surface area (TPSA) is 63.1 Å². The van der Waals surface area contributed by atoms with Crippen molar-refractivity contribution in [1.29, 1.82) is 0 Å². The molecule has 1 aliphatic carbocycles. The number of aromatic nitrogens is 2. The lowest BCUT2D eigenvalue weighted by atomic mass is 9.78. The van der Waals surface area contributed by atoms with Gasteiger partial charge in [-0.25, -0.2) is 9.97 Å². The zero-order valence-corrected chi connectivity index (χ0v) is 23.5. The molecule has 0 radical (unpaired) electrons. The summed E-state index contributed by atoms with van der Waals surface area (Å²) >= 11 is 4.78. The van der Waals surface area contributed by atoms with E-state index in [1.165, 1.54) is 18.2 Å². The molecule has 0 spiro atoms. The molecule has 2 atom stereocenters. The van der Waals surface area contributed by atoms with Crippen molar-refractivity contribution >= 4 is 35.7 Å². The number of alkyl halides is 3. The second kappa shape index (κ2) is 15.3. The standard InChI is InChI=1S/C23H25F3N2O2S.C3H8.CH4S/c1-4-15-7-13(2)5-6-18(15)21-19(29)8-16(9-20(21)30)14(3)12-31-22-27-10-17(11-28-22)23(24,25)26;1-3-2;1-2/h5-7,10-11,14,16,29H,4,8-9,12H2,1-3H3;3H2,1-2H3;2H,1H3. The van der Waals surface area contributed by atoms with Gasteiger partial charge < -0.3 is 5.11 Å². The number of carbonyl (C=O) groups excluding carboxylic acids is 1. The van der Waals surface area contributed by atoms with Crippen molar-refractivity contribution < 1.29 is 23.1 Å². The quantitative estimate of drug-likeness (QED) is 0.220. The highest BCUT2D eigenvalue weighted by atomic mass is 32.2. The van der Waals surface area contributed by atoms with E-state index in [4.69, 9.17) is 0 Å². The molecule has 4 nitrogen and oxygen atoms in total. The Hall–Kier alpha value is -2.00. The number of allylic oxidation sites excluding steroid dienone is 2. The zero-order chi connectivity index (χ0) is 27.5. The molecule has 1 aromatic heterocycles. The lowest BCUT2D eigenvalue weighted by Crippen LogP contribution is -2.25. The number of aliphatic hydroxyl groups excluding tert-OH is 1. The molecule has 1 aromatic carbocycles. The molecular formula is C27H37F3N2O2S2. The van der Waals surface area contributed by atoms with Gasteiger partial charge in [-0.2, -0.15) is 25.8 Å². The summed E-state index contributed by atoms with van der Waals surface area (Å²) in [5, 5.41) is 11.0. The van der Waals surface area contributed by atoms with Crippen LogP contribution in [0.15, 0.2) is 41.5 Å². The molecule has 9 heteroatoms. The van der Waals surface area contributed by atoms with Crippen LogP contribution in [0.4, 0.5) is 13.2 Å². The highest BCUT2D eigenvalue weighted by Crippen LogP contribution is 2.38. The SMILES string of the molecule is CCC.CCc1cc(C)ccc1C1=C(O)CC(C(C)CSc2ncc(C(F)(F)F)cn2)CC1=O.CS. The lowest BCUT2D eigenvalue weighted by Gasteiger charge is -2.28. The van der Waals surface area contributed by atoms with E-state index < -0.39 is 11.7 Å². The molecule has 0 bridgehead atoms. The van der Waals surface area contributed by atoms with Gasteiger partial charge in [0.1, 0.15) is 5.76 Å². The molecule has 2 unspecified atom stereocenters. The number of hydrogen-bond donors (Lipinski definition) is 2. The molecular weight excluding hydrogens is 505 g/mol. The molecule has 36 heavy (non-hydrogen) atoms. The Morgan fingerprint density at radius 1 is 1.14 bits per heavy atom. The third-order valence-electron chi connectivity index (χ3n) is 5.62. The number of aryl methyl sites for hydroxylation is 2. The van der Waals surface area contributed by atoms with Crippen molar-refractivity contribution in [2.24, 2.45) is 11.8 Å². The molecule has 1 N–H and O–H groups in total. The fraction of sp³-hybridized carbons (Fsp3) is 0.519. The average molecular weight is 543 g/mol.